The molecule has 3 heteroatoms. The zero-order chi connectivity index (χ0) is 8.27. The van der Waals surface area contributed by atoms with Gasteiger partial charge in [0.2, 0.25) is 0 Å². The summed E-state index contributed by atoms with van der Waals surface area (Å²) in [5.74, 6) is 0. The van der Waals surface area contributed by atoms with Crippen LogP contribution in [0, 0.1) is 11.3 Å². The van der Waals surface area contributed by atoms with Gasteiger partial charge in [-0.2, -0.15) is 5.26 Å². The Bertz CT molecular complexity index is 161. The van der Waals surface area contributed by atoms with Gasteiger partial charge in [-0.1, -0.05) is 0 Å². The van der Waals surface area contributed by atoms with Crippen molar-refractivity contribution >= 4 is 0 Å². The number of likely N-dealkylation sites (N-methyl/N-ethyl adjacent to an activating group) is 1. The monoisotopic (exact) mass is 153 g/mol. The summed E-state index contributed by atoms with van der Waals surface area (Å²) in [6.45, 7) is 5.96. The zero-order valence-electron chi connectivity index (χ0n) is 7.25. The van der Waals surface area contributed by atoms with Crippen molar-refractivity contribution in [2.24, 2.45) is 0 Å². The highest BCUT2D eigenvalue weighted by Gasteiger charge is 2.20. The molecule has 0 aromatic rings. The highest BCUT2D eigenvalue weighted by molar-refractivity contribution is 4.84. The van der Waals surface area contributed by atoms with Gasteiger partial charge >= 0.3 is 0 Å². The lowest BCUT2D eigenvalue weighted by Crippen LogP contribution is -2.50. The quantitative estimate of drug-likeness (QED) is 0.502. The molecule has 0 aromatic heterocycles. The van der Waals surface area contributed by atoms with E-state index in [0.29, 0.717) is 12.6 Å². The second-order valence-corrected chi connectivity index (χ2v) is 3.24. The molecule has 0 bridgehead atoms. The van der Waals surface area contributed by atoms with Crippen LogP contribution in [0.15, 0.2) is 0 Å². The molecule has 0 N–H and O–H groups in total. The largest absolute Gasteiger partial charge is 0.304 e. The lowest BCUT2D eigenvalue weighted by Gasteiger charge is -2.36. The number of nitrogens with zero attached hydrogens (tertiary/aromatic N) is 3. The molecule has 1 saturated heterocycles. The van der Waals surface area contributed by atoms with Crippen molar-refractivity contribution in [3.05, 3.63) is 0 Å². The molecule has 0 saturated carbocycles. The summed E-state index contributed by atoms with van der Waals surface area (Å²) < 4.78 is 0. The van der Waals surface area contributed by atoms with Gasteiger partial charge in [0.25, 0.3) is 0 Å². The molecule has 1 aliphatic heterocycles. The van der Waals surface area contributed by atoms with E-state index < -0.39 is 0 Å². The van der Waals surface area contributed by atoms with Crippen molar-refractivity contribution < 1.29 is 0 Å². The van der Waals surface area contributed by atoms with E-state index in [1.165, 1.54) is 0 Å². The zero-order valence-corrected chi connectivity index (χ0v) is 7.25. The summed E-state index contributed by atoms with van der Waals surface area (Å²) in [4.78, 5) is 4.53. The first-order valence-corrected chi connectivity index (χ1v) is 4.03. The SMILES string of the molecule is C[C@H]1CN(C)CCN1CC#N. The van der Waals surface area contributed by atoms with Crippen LogP contribution in [0.5, 0.6) is 0 Å². The minimum Gasteiger partial charge on any atom is -0.304 e. The van der Waals surface area contributed by atoms with E-state index in [4.69, 9.17) is 5.26 Å². The van der Waals surface area contributed by atoms with E-state index in [1.54, 1.807) is 0 Å². The molecule has 1 atom stereocenters. The Morgan fingerprint density at radius 1 is 1.55 bits per heavy atom. The standard InChI is InChI=1S/C8H15N3/c1-8-7-10(2)5-6-11(8)4-3-9/h8H,4-7H2,1-2H3/t8-/m0/s1. The predicted octanol–water partition coefficient (Wildman–Crippen LogP) is 0.146. The van der Waals surface area contributed by atoms with Crippen LogP contribution in [0.1, 0.15) is 6.92 Å². The van der Waals surface area contributed by atoms with Crippen LogP contribution in [0.25, 0.3) is 0 Å². The normalized spacial score (nSPS) is 28.3. The van der Waals surface area contributed by atoms with Gasteiger partial charge < -0.3 is 4.90 Å². The fraction of sp³-hybridized carbons (Fsp3) is 0.875. The van der Waals surface area contributed by atoms with Crippen LogP contribution < -0.4 is 0 Å². The van der Waals surface area contributed by atoms with Crippen molar-refractivity contribution in [1.82, 2.24) is 9.80 Å². The van der Waals surface area contributed by atoms with E-state index in [9.17, 15) is 0 Å². The summed E-state index contributed by atoms with van der Waals surface area (Å²) in [7, 11) is 2.13. The maximum atomic E-state index is 8.50. The van der Waals surface area contributed by atoms with E-state index in [0.717, 1.165) is 19.6 Å². The topological polar surface area (TPSA) is 30.3 Å². The van der Waals surface area contributed by atoms with Gasteiger partial charge in [-0.3, -0.25) is 4.90 Å². The first-order chi connectivity index (χ1) is 5.24. The highest BCUT2D eigenvalue weighted by atomic mass is 15.3. The molecule has 0 amide bonds. The van der Waals surface area contributed by atoms with E-state index in [-0.39, 0.29) is 0 Å². The lowest BCUT2D eigenvalue weighted by molar-refractivity contribution is 0.113. The van der Waals surface area contributed by atoms with Gasteiger partial charge in [0.05, 0.1) is 12.6 Å². The Labute approximate surface area is 68.2 Å². The minimum absolute atomic E-state index is 0.536. The molecule has 1 aliphatic rings. The average molecular weight is 153 g/mol. The second-order valence-electron chi connectivity index (χ2n) is 3.24. The lowest BCUT2D eigenvalue weighted by atomic mass is 10.2. The maximum Gasteiger partial charge on any atom is 0.0869 e. The van der Waals surface area contributed by atoms with Crippen LogP contribution in [0.2, 0.25) is 0 Å². The van der Waals surface area contributed by atoms with Crippen molar-refractivity contribution in [3.8, 4) is 6.07 Å². The van der Waals surface area contributed by atoms with Crippen LogP contribution in [-0.4, -0.2) is 49.1 Å². The first-order valence-electron chi connectivity index (χ1n) is 4.03. The Hall–Kier alpha value is -0.590. The molecule has 0 aliphatic carbocycles. The van der Waals surface area contributed by atoms with E-state index in [2.05, 4.69) is 29.8 Å². The molecular weight excluding hydrogens is 138 g/mol. The number of hydrogen-bond acceptors (Lipinski definition) is 3. The van der Waals surface area contributed by atoms with E-state index in [1.807, 2.05) is 0 Å². The fourth-order valence-corrected chi connectivity index (χ4v) is 1.50. The van der Waals surface area contributed by atoms with Gasteiger partial charge in [-0.25, -0.2) is 0 Å². The first kappa shape index (κ1) is 8.51. The van der Waals surface area contributed by atoms with Crippen LogP contribution in [0.3, 0.4) is 0 Å². The Morgan fingerprint density at radius 2 is 2.27 bits per heavy atom. The number of rotatable bonds is 1. The molecule has 3 nitrogen and oxygen atoms in total. The summed E-state index contributed by atoms with van der Waals surface area (Å²) in [5, 5.41) is 8.50. The summed E-state index contributed by atoms with van der Waals surface area (Å²) >= 11 is 0. The van der Waals surface area contributed by atoms with Gasteiger partial charge in [-0.05, 0) is 14.0 Å². The van der Waals surface area contributed by atoms with Crippen molar-refractivity contribution in [2.45, 2.75) is 13.0 Å². The molecule has 11 heavy (non-hydrogen) atoms. The second kappa shape index (κ2) is 3.70. The van der Waals surface area contributed by atoms with Crippen molar-refractivity contribution in [1.29, 1.82) is 5.26 Å². The van der Waals surface area contributed by atoms with Gasteiger partial charge in [-0.15, -0.1) is 0 Å². The summed E-state index contributed by atoms with van der Waals surface area (Å²) in [6, 6.07) is 2.73. The van der Waals surface area contributed by atoms with E-state index >= 15 is 0 Å². The number of hydrogen-bond donors (Lipinski definition) is 0. The van der Waals surface area contributed by atoms with Gasteiger partial charge in [0, 0.05) is 25.7 Å². The van der Waals surface area contributed by atoms with Crippen LogP contribution in [-0.2, 0) is 0 Å². The molecule has 1 fully saturated rings. The minimum atomic E-state index is 0.536. The molecular formula is C8H15N3. The Balaban J connectivity index is 2.39. The van der Waals surface area contributed by atoms with Gasteiger partial charge in [0.15, 0.2) is 0 Å². The Kier molecular flexibility index (Phi) is 2.86. The molecule has 0 spiro atoms. The Morgan fingerprint density at radius 3 is 2.82 bits per heavy atom. The predicted molar refractivity (Wildman–Crippen MR) is 44.1 cm³/mol. The van der Waals surface area contributed by atoms with Crippen LogP contribution in [0.4, 0.5) is 0 Å². The molecule has 1 rings (SSSR count). The highest BCUT2D eigenvalue weighted by Crippen LogP contribution is 2.05. The molecule has 0 unspecified atom stereocenters. The van der Waals surface area contributed by atoms with Crippen LogP contribution >= 0.6 is 0 Å². The average Bonchev–Trinajstić information content (AvgIpc) is 1.95. The maximum absolute atomic E-state index is 8.50. The number of piperazine rings is 1. The molecule has 1 heterocycles. The summed E-state index contributed by atoms with van der Waals surface area (Å²) in [5.41, 5.74) is 0. The molecule has 0 radical (unpaired) electrons. The molecule has 62 valence electrons. The third-order valence-electron chi connectivity index (χ3n) is 2.24. The number of nitriles is 1. The third-order valence-corrected chi connectivity index (χ3v) is 2.24. The third kappa shape index (κ3) is 2.18. The van der Waals surface area contributed by atoms with Gasteiger partial charge in [0.1, 0.15) is 0 Å². The smallest absolute Gasteiger partial charge is 0.0869 e. The molecule has 0 aromatic carbocycles. The van der Waals surface area contributed by atoms with Crippen molar-refractivity contribution in [2.75, 3.05) is 33.2 Å². The fourth-order valence-electron chi connectivity index (χ4n) is 1.50. The van der Waals surface area contributed by atoms with Crippen molar-refractivity contribution in [3.63, 3.8) is 0 Å². The summed E-state index contributed by atoms with van der Waals surface area (Å²) in [6.07, 6.45) is 0.